The van der Waals surface area contributed by atoms with Gasteiger partial charge in [-0.25, -0.2) is 0 Å². The number of benzene rings is 1. The Morgan fingerprint density at radius 3 is 2.56 bits per heavy atom. The highest BCUT2D eigenvalue weighted by atomic mass is 19.4. The van der Waals surface area contributed by atoms with Gasteiger partial charge in [-0.2, -0.15) is 13.2 Å². The molecular formula is C9H9F3N2O2. The number of nitrogen functional groups attached to an aromatic ring is 1. The number of anilines is 2. The fourth-order valence-corrected chi connectivity index (χ4v) is 1.09. The van der Waals surface area contributed by atoms with E-state index in [1.165, 1.54) is 6.07 Å². The molecule has 0 bridgehead atoms. The van der Waals surface area contributed by atoms with Gasteiger partial charge in [-0.15, -0.1) is 0 Å². The molecule has 7 heteroatoms. The Balaban J connectivity index is 2.94. The van der Waals surface area contributed by atoms with Gasteiger partial charge < -0.3 is 16.2 Å². The molecule has 0 saturated carbocycles. The summed E-state index contributed by atoms with van der Waals surface area (Å²) < 4.78 is 37.2. The predicted molar refractivity (Wildman–Crippen MR) is 52.0 cm³/mol. The fourth-order valence-electron chi connectivity index (χ4n) is 1.09. The van der Waals surface area contributed by atoms with Gasteiger partial charge in [0.15, 0.2) is 0 Å². The van der Waals surface area contributed by atoms with E-state index in [2.05, 4.69) is 5.32 Å². The van der Waals surface area contributed by atoms with E-state index in [0.29, 0.717) is 0 Å². The summed E-state index contributed by atoms with van der Waals surface area (Å²) in [7, 11) is 0. The third kappa shape index (κ3) is 3.04. The lowest BCUT2D eigenvalue weighted by molar-refractivity contribution is -0.137. The molecule has 0 aliphatic carbocycles. The van der Waals surface area contributed by atoms with E-state index in [-0.39, 0.29) is 5.69 Å². The lowest BCUT2D eigenvalue weighted by Crippen LogP contribution is -2.14. The van der Waals surface area contributed by atoms with Gasteiger partial charge in [-0.3, -0.25) is 4.79 Å². The lowest BCUT2D eigenvalue weighted by Gasteiger charge is -2.12. The van der Waals surface area contributed by atoms with Crippen molar-refractivity contribution in [3.63, 3.8) is 0 Å². The minimum absolute atomic E-state index is 0.0592. The molecule has 0 amide bonds. The van der Waals surface area contributed by atoms with E-state index < -0.39 is 29.9 Å². The van der Waals surface area contributed by atoms with E-state index in [4.69, 9.17) is 10.8 Å². The number of hydrogen-bond acceptors (Lipinski definition) is 3. The lowest BCUT2D eigenvalue weighted by atomic mass is 10.1. The molecule has 0 atom stereocenters. The molecule has 16 heavy (non-hydrogen) atoms. The number of nitrogens with one attached hydrogen (secondary N) is 1. The van der Waals surface area contributed by atoms with Crippen molar-refractivity contribution >= 4 is 17.3 Å². The summed E-state index contributed by atoms with van der Waals surface area (Å²) in [6.45, 7) is -0.457. The summed E-state index contributed by atoms with van der Waals surface area (Å²) in [5, 5.41) is 10.7. The molecule has 0 heterocycles. The molecule has 1 aromatic rings. The molecule has 0 aliphatic heterocycles. The first-order chi connectivity index (χ1) is 7.30. The number of rotatable bonds is 3. The summed E-state index contributed by atoms with van der Waals surface area (Å²) in [4.78, 5) is 10.2. The second kappa shape index (κ2) is 4.30. The van der Waals surface area contributed by atoms with Crippen molar-refractivity contribution in [1.29, 1.82) is 0 Å². The van der Waals surface area contributed by atoms with E-state index >= 15 is 0 Å². The summed E-state index contributed by atoms with van der Waals surface area (Å²) in [5.41, 5.74) is 3.85. The third-order valence-corrected chi connectivity index (χ3v) is 1.80. The number of nitrogens with two attached hydrogens (primary N) is 1. The molecule has 88 valence electrons. The second-order valence-corrected chi connectivity index (χ2v) is 3.05. The summed E-state index contributed by atoms with van der Waals surface area (Å²) >= 11 is 0. The maximum Gasteiger partial charge on any atom is 0.418 e. The van der Waals surface area contributed by atoms with Crippen LogP contribution in [-0.4, -0.2) is 17.6 Å². The zero-order chi connectivity index (χ0) is 12.3. The van der Waals surface area contributed by atoms with Gasteiger partial charge in [0.05, 0.1) is 5.56 Å². The molecule has 0 aromatic heterocycles. The number of alkyl halides is 3. The first-order valence-corrected chi connectivity index (χ1v) is 4.23. The summed E-state index contributed by atoms with van der Waals surface area (Å²) in [6, 6.07) is 3.14. The summed E-state index contributed by atoms with van der Waals surface area (Å²) in [5.74, 6) is -1.16. The Bertz CT molecular complexity index is 404. The highest BCUT2D eigenvalue weighted by molar-refractivity contribution is 5.73. The van der Waals surface area contributed by atoms with Crippen LogP contribution in [-0.2, 0) is 11.0 Å². The van der Waals surface area contributed by atoms with Crippen molar-refractivity contribution in [2.24, 2.45) is 0 Å². The van der Waals surface area contributed by atoms with Crippen molar-refractivity contribution < 1.29 is 23.1 Å². The molecule has 0 unspecified atom stereocenters. The topological polar surface area (TPSA) is 75.3 Å². The van der Waals surface area contributed by atoms with Crippen molar-refractivity contribution in [2.45, 2.75) is 6.18 Å². The minimum Gasteiger partial charge on any atom is -0.480 e. The van der Waals surface area contributed by atoms with Crippen LogP contribution in [0.1, 0.15) is 5.56 Å². The zero-order valence-electron chi connectivity index (χ0n) is 8.01. The van der Waals surface area contributed by atoms with Crippen LogP contribution in [0.5, 0.6) is 0 Å². The molecule has 0 fully saturated rings. The van der Waals surface area contributed by atoms with Crippen LogP contribution in [0.2, 0.25) is 0 Å². The van der Waals surface area contributed by atoms with Crippen LogP contribution in [0.4, 0.5) is 24.5 Å². The van der Waals surface area contributed by atoms with Crippen LogP contribution < -0.4 is 11.1 Å². The number of carbonyl (C=O) groups is 1. The molecule has 4 N–H and O–H groups in total. The molecule has 1 rings (SSSR count). The monoisotopic (exact) mass is 234 g/mol. The van der Waals surface area contributed by atoms with Crippen molar-refractivity contribution in [3.8, 4) is 0 Å². The van der Waals surface area contributed by atoms with E-state index in [9.17, 15) is 18.0 Å². The van der Waals surface area contributed by atoms with Gasteiger partial charge in [0.2, 0.25) is 0 Å². The molecule has 0 radical (unpaired) electrons. The van der Waals surface area contributed by atoms with Crippen LogP contribution in [0.15, 0.2) is 18.2 Å². The average Bonchev–Trinajstić information content (AvgIpc) is 2.14. The Morgan fingerprint density at radius 1 is 1.44 bits per heavy atom. The van der Waals surface area contributed by atoms with E-state index in [1.54, 1.807) is 0 Å². The Hall–Kier alpha value is -1.92. The maximum absolute atomic E-state index is 12.4. The third-order valence-electron chi connectivity index (χ3n) is 1.80. The molecule has 0 aliphatic rings. The van der Waals surface area contributed by atoms with Crippen LogP contribution in [0.3, 0.4) is 0 Å². The number of carboxylic acid groups (broad SMARTS) is 1. The maximum atomic E-state index is 12.4. The van der Waals surface area contributed by atoms with Crippen LogP contribution >= 0.6 is 0 Å². The molecule has 4 nitrogen and oxygen atoms in total. The Kier molecular flexibility index (Phi) is 3.26. The van der Waals surface area contributed by atoms with E-state index in [1.807, 2.05) is 0 Å². The average molecular weight is 234 g/mol. The van der Waals surface area contributed by atoms with Crippen molar-refractivity contribution in [2.75, 3.05) is 17.6 Å². The van der Waals surface area contributed by atoms with Gasteiger partial charge in [-0.1, -0.05) is 0 Å². The highest BCUT2D eigenvalue weighted by Crippen LogP contribution is 2.34. The molecule has 0 saturated heterocycles. The van der Waals surface area contributed by atoms with Gasteiger partial charge in [0, 0.05) is 11.4 Å². The predicted octanol–water partition coefficient (Wildman–Crippen LogP) is 1.78. The standard InChI is InChI=1S/C9H9F3N2O2/c10-9(11,12)6-3-5(1-2-7(6)13)14-4-8(15)16/h1-3,14H,4,13H2,(H,15,16). The number of hydrogen-bond donors (Lipinski definition) is 3. The highest BCUT2D eigenvalue weighted by Gasteiger charge is 2.33. The number of aliphatic carboxylic acids is 1. The fraction of sp³-hybridized carbons (Fsp3) is 0.222. The van der Waals surface area contributed by atoms with Crippen molar-refractivity contribution in [3.05, 3.63) is 23.8 Å². The zero-order valence-corrected chi connectivity index (χ0v) is 8.01. The van der Waals surface area contributed by atoms with Gasteiger partial charge in [0.1, 0.15) is 6.54 Å². The van der Waals surface area contributed by atoms with Gasteiger partial charge >= 0.3 is 12.1 Å². The second-order valence-electron chi connectivity index (χ2n) is 3.05. The summed E-state index contributed by atoms with van der Waals surface area (Å²) in [6.07, 6.45) is -4.55. The quantitative estimate of drug-likeness (QED) is 0.697. The Morgan fingerprint density at radius 2 is 2.06 bits per heavy atom. The van der Waals surface area contributed by atoms with E-state index in [0.717, 1.165) is 12.1 Å². The van der Waals surface area contributed by atoms with Crippen LogP contribution in [0, 0.1) is 0 Å². The largest absolute Gasteiger partial charge is 0.480 e. The van der Waals surface area contributed by atoms with Crippen molar-refractivity contribution in [1.82, 2.24) is 0 Å². The molecular weight excluding hydrogens is 225 g/mol. The first-order valence-electron chi connectivity index (χ1n) is 4.23. The SMILES string of the molecule is Nc1ccc(NCC(=O)O)cc1C(F)(F)F. The van der Waals surface area contributed by atoms with Crippen LogP contribution in [0.25, 0.3) is 0 Å². The number of carboxylic acids is 1. The van der Waals surface area contributed by atoms with Gasteiger partial charge in [0.25, 0.3) is 0 Å². The minimum atomic E-state index is -4.55. The molecule has 0 spiro atoms. The Labute approximate surface area is 88.9 Å². The number of halogens is 3. The molecule has 1 aromatic carbocycles. The normalized spacial score (nSPS) is 11.2. The first kappa shape index (κ1) is 12.2. The smallest absolute Gasteiger partial charge is 0.418 e. The van der Waals surface area contributed by atoms with Gasteiger partial charge in [-0.05, 0) is 18.2 Å².